The number of hydrogen-bond donors (Lipinski definition) is 1. The van der Waals surface area contributed by atoms with Crippen LogP contribution in [0.15, 0.2) is 24.7 Å². The van der Waals surface area contributed by atoms with Crippen LogP contribution in [0.1, 0.15) is 39.7 Å². The van der Waals surface area contributed by atoms with E-state index in [0.717, 1.165) is 12.8 Å². The Morgan fingerprint density at radius 2 is 2.00 bits per heavy atom. The second-order valence-electron chi connectivity index (χ2n) is 5.69. The van der Waals surface area contributed by atoms with E-state index in [2.05, 4.69) is 5.10 Å². The van der Waals surface area contributed by atoms with Crippen molar-refractivity contribution in [3.05, 3.63) is 40.9 Å². The number of nitrogens with zero attached hydrogens (tertiary/aromatic N) is 4. The van der Waals surface area contributed by atoms with E-state index in [9.17, 15) is 9.59 Å². The van der Waals surface area contributed by atoms with Crippen LogP contribution in [0.3, 0.4) is 0 Å². The molecule has 3 rings (SSSR count). The van der Waals surface area contributed by atoms with E-state index < -0.39 is 5.97 Å². The molecule has 0 atom stereocenters. The smallest absolute Gasteiger partial charge is 0.338 e. The summed E-state index contributed by atoms with van der Waals surface area (Å²) in [6.45, 7) is 1.21. The number of carbonyl (C=O) groups excluding carboxylic acids is 1. The van der Waals surface area contributed by atoms with Crippen LogP contribution in [0.5, 0.6) is 0 Å². The number of hydrogen-bond acceptors (Lipinski definition) is 3. The lowest BCUT2D eigenvalue weighted by Gasteiger charge is -2.32. The summed E-state index contributed by atoms with van der Waals surface area (Å²) in [6.07, 6.45) is 6.08. The van der Waals surface area contributed by atoms with Crippen molar-refractivity contribution in [1.29, 1.82) is 0 Å². The van der Waals surface area contributed by atoms with Crippen LogP contribution in [0.25, 0.3) is 0 Å². The van der Waals surface area contributed by atoms with Crippen LogP contribution in [0, 0.1) is 0 Å². The van der Waals surface area contributed by atoms with E-state index >= 15 is 0 Å². The number of amides is 1. The summed E-state index contributed by atoms with van der Waals surface area (Å²) < 4.78 is 3.41. The fourth-order valence-corrected chi connectivity index (χ4v) is 3.13. The second-order valence-corrected chi connectivity index (χ2v) is 6.13. The molecule has 3 heterocycles. The van der Waals surface area contributed by atoms with Gasteiger partial charge >= 0.3 is 5.97 Å². The molecule has 0 spiro atoms. The van der Waals surface area contributed by atoms with E-state index in [1.165, 1.54) is 6.20 Å². The highest BCUT2D eigenvalue weighted by Crippen LogP contribution is 2.24. The van der Waals surface area contributed by atoms with E-state index in [-0.39, 0.29) is 17.5 Å². The van der Waals surface area contributed by atoms with Crippen molar-refractivity contribution in [2.45, 2.75) is 18.9 Å². The first-order chi connectivity index (χ1) is 11.0. The van der Waals surface area contributed by atoms with Crippen molar-refractivity contribution >= 4 is 23.5 Å². The topological polar surface area (TPSA) is 80.4 Å². The van der Waals surface area contributed by atoms with Crippen molar-refractivity contribution in [3.63, 3.8) is 0 Å². The van der Waals surface area contributed by atoms with E-state index in [0.29, 0.717) is 23.8 Å². The predicted molar refractivity (Wildman–Crippen MR) is 83.8 cm³/mol. The number of carboxylic acids is 1. The van der Waals surface area contributed by atoms with Crippen molar-refractivity contribution in [3.8, 4) is 0 Å². The molecule has 0 saturated carbocycles. The van der Waals surface area contributed by atoms with Crippen LogP contribution in [0.4, 0.5) is 0 Å². The number of piperidine rings is 1. The Labute approximate surface area is 138 Å². The number of aromatic nitrogens is 3. The summed E-state index contributed by atoms with van der Waals surface area (Å²) in [4.78, 5) is 25.2. The van der Waals surface area contributed by atoms with Crippen LogP contribution in [0.2, 0.25) is 5.02 Å². The highest BCUT2D eigenvalue weighted by atomic mass is 35.5. The summed E-state index contributed by atoms with van der Waals surface area (Å²) >= 11 is 5.93. The SMILES string of the molecule is Cn1cc(Cl)cc1C(=O)N1CCC(n2cc(C(=O)O)cn2)CC1. The molecule has 0 radical (unpaired) electrons. The number of rotatable bonds is 3. The fourth-order valence-electron chi connectivity index (χ4n) is 2.88. The molecule has 1 N–H and O–H groups in total. The van der Waals surface area contributed by atoms with Crippen LogP contribution in [-0.4, -0.2) is 49.3 Å². The number of aromatic carboxylic acids is 1. The monoisotopic (exact) mass is 336 g/mol. The molecule has 0 unspecified atom stereocenters. The molecule has 1 aliphatic rings. The predicted octanol–water partition coefficient (Wildman–Crippen LogP) is 2.05. The summed E-state index contributed by atoms with van der Waals surface area (Å²) in [6, 6.07) is 1.78. The van der Waals surface area contributed by atoms with Crippen LogP contribution >= 0.6 is 11.6 Å². The Kier molecular flexibility index (Phi) is 4.12. The van der Waals surface area contributed by atoms with Gasteiger partial charge in [0.05, 0.1) is 22.8 Å². The molecule has 1 amide bonds. The van der Waals surface area contributed by atoms with Crippen molar-refractivity contribution in [1.82, 2.24) is 19.2 Å². The minimum atomic E-state index is -0.982. The normalized spacial score (nSPS) is 15.8. The van der Waals surface area contributed by atoms with Gasteiger partial charge in [-0.2, -0.15) is 5.10 Å². The zero-order chi connectivity index (χ0) is 16.6. The summed E-state index contributed by atoms with van der Waals surface area (Å²) in [5.74, 6) is -1.02. The minimum absolute atomic E-state index is 0.0375. The molecule has 2 aromatic heterocycles. The molecule has 0 aromatic carbocycles. The van der Waals surface area contributed by atoms with Crippen molar-refractivity contribution in [2.24, 2.45) is 7.05 Å². The first kappa shape index (κ1) is 15.6. The number of aryl methyl sites for hydroxylation is 1. The van der Waals surface area contributed by atoms with Gasteiger partial charge in [-0.3, -0.25) is 9.48 Å². The Balaban J connectivity index is 1.65. The van der Waals surface area contributed by atoms with Gasteiger partial charge in [-0.05, 0) is 18.9 Å². The van der Waals surface area contributed by atoms with Gasteiger partial charge in [0, 0.05) is 32.5 Å². The lowest BCUT2D eigenvalue weighted by molar-refractivity contribution is 0.0679. The maximum atomic E-state index is 12.5. The minimum Gasteiger partial charge on any atom is -0.478 e. The molecule has 1 aliphatic heterocycles. The molecule has 2 aromatic rings. The quantitative estimate of drug-likeness (QED) is 0.930. The summed E-state index contributed by atoms with van der Waals surface area (Å²) in [5, 5.41) is 13.6. The second kappa shape index (κ2) is 6.08. The number of carbonyl (C=O) groups is 2. The maximum Gasteiger partial charge on any atom is 0.338 e. The van der Waals surface area contributed by atoms with Crippen LogP contribution in [-0.2, 0) is 7.05 Å². The number of carboxylic acid groups (broad SMARTS) is 1. The highest BCUT2D eigenvalue weighted by Gasteiger charge is 2.26. The summed E-state index contributed by atoms with van der Waals surface area (Å²) in [5.41, 5.74) is 0.752. The zero-order valence-corrected chi connectivity index (χ0v) is 13.4. The third-order valence-electron chi connectivity index (χ3n) is 4.16. The molecule has 8 heteroatoms. The first-order valence-electron chi connectivity index (χ1n) is 7.34. The molecule has 122 valence electrons. The third kappa shape index (κ3) is 3.10. The molecule has 1 fully saturated rings. The average Bonchev–Trinajstić information content (AvgIpc) is 3.13. The Morgan fingerprint density at radius 3 is 2.52 bits per heavy atom. The fraction of sp³-hybridized carbons (Fsp3) is 0.400. The van der Waals surface area contributed by atoms with Crippen LogP contribution < -0.4 is 0 Å². The Hall–Kier alpha value is -2.28. The molecular formula is C15H17ClN4O3. The number of halogens is 1. The largest absolute Gasteiger partial charge is 0.478 e. The van der Waals surface area contributed by atoms with Gasteiger partial charge in [0.2, 0.25) is 0 Å². The maximum absolute atomic E-state index is 12.5. The Morgan fingerprint density at radius 1 is 1.30 bits per heavy atom. The third-order valence-corrected chi connectivity index (χ3v) is 4.37. The van der Waals surface area contributed by atoms with Gasteiger partial charge in [0.1, 0.15) is 5.69 Å². The summed E-state index contributed by atoms with van der Waals surface area (Å²) in [7, 11) is 1.79. The standard InChI is InChI=1S/C15H17ClN4O3/c1-18-9-11(16)6-13(18)14(21)19-4-2-12(3-5-19)20-8-10(7-17-20)15(22)23/h6-9,12H,2-5H2,1H3,(H,22,23). The van der Waals surface area contributed by atoms with Crippen molar-refractivity contribution in [2.75, 3.05) is 13.1 Å². The Bertz CT molecular complexity index is 744. The molecule has 0 bridgehead atoms. The van der Waals surface area contributed by atoms with E-state index in [1.807, 2.05) is 0 Å². The number of likely N-dealkylation sites (tertiary alicyclic amines) is 1. The highest BCUT2D eigenvalue weighted by molar-refractivity contribution is 6.31. The van der Waals surface area contributed by atoms with Gasteiger partial charge in [0.25, 0.3) is 5.91 Å². The van der Waals surface area contributed by atoms with Gasteiger partial charge in [0.15, 0.2) is 0 Å². The van der Waals surface area contributed by atoms with E-state index in [1.54, 1.807) is 39.7 Å². The molecule has 23 heavy (non-hydrogen) atoms. The lowest BCUT2D eigenvalue weighted by Crippen LogP contribution is -2.39. The van der Waals surface area contributed by atoms with Gasteiger partial charge in [-0.25, -0.2) is 4.79 Å². The molecular weight excluding hydrogens is 320 g/mol. The van der Waals surface area contributed by atoms with Gasteiger partial charge in [-0.15, -0.1) is 0 Å². The zero-order valence-electron chi connectivity index (χ0n) is 12.6. The van der Waals surface area contributed by atoms with Gasteiger partial charge < -0.3 is 14.6 Å². The first-order valence-corrected chi connectivity index (χ1v) is 7.72. The molecule has 7 nitrogen and oxygen atoms in total. The van der Waals surface area contributed by atoms with Gasteiger partial charge in [-0.1, -0.05) is 11.6 Å². The van der Waals surface area contributed by atoms with Crippen molar-refractivity contribution < 1.29 is 14.7 Å². The lowest BCUT2D eigenvalue weighted by atomic mass is 10.0. The molecule has 0 aliphatic carbocycles. The van der Waals surface area contributed by atoms with E-state index in [4.69, 9.17) is 16.7 Å². The average molecular weight is 337 g/mol. The molecule has 1 saturated heterocycles.